The molecule has 0 N–H and O–H groups in total. The van der Waals surface area contributed by atoms with Crippen LogP contribution in [0.1, 0.15) is 12.5 Å². The second kappa shape index (κ2) is 6.87. The van der Waals surface area contributed by atoms with E-state index in [0.29, 0.717) is 11.8 Å². The third-order valence-corrected chi connectivity index (χ3v) is 3.48. The Bertz CT molecular complexity index is 788. The van der Waals surface area contributed by atoms with Gasteiger partial charge < -0.3 is 9.47 Å². The number of hydrogen-bond acceptors (Lipinski definition) is 5. The number of nitrogens with zero attached hydrogens (tertiary/aromatic N) is 3. The van der Waals surface area contributed by atoms with Gasteiger partial charge in [-0.2, -0.15) is 0 Å². The lowest BCUT2D eigenvalue weighted by Gasteiger charge is -2.11. The number of benzene rings is 1. The molecule has 2 aromatic heterocycles. The van der Waals surface area contributed by atoms with Gasteiger partial charge in [-0.15, -0.1) is 0 Å². The summed E-state index contributed by atoms with van der Waals surface area (Å²) in [6.07, 6.45) is 5.82. The molecular weight excluding hydrogens is 290 g/mol. The molecule has 0 saturated carbocycles. The zero-order valence-electron chi connectivity index (χ0n) is 13.1. The molecule has 0 aliphatic heterocycles. The maximum atomic E-state index is 5.94. The number of hydrogen-bond donors (Lipinski definition) is 0. The summed E-state index contributed by atoms with van der Waals surface area (Å²) in [5.74, 6) is 1.71. The first-order valence-corrected chi connectivity index (χ1v) is 7.38. The van der Waals surface area contributed by atoms with Crippen molar-refractivity contribution in [2.45, 2.75) is 13.3 Å². The van der Waals surface area contributed by atoms with Crippen LogP contribution in [0.5, 0.6) is 17.5 Å². The van der Waals surface area contributed by atoms with Gasteiger partial charge in [0.1, 0.15) is 12.1 Å². The van der Waals surface area contributed by atoms with Crippen molar-refractivity contribution in [3.05, 3.63) is 60.7 Å². The Morgan fingerprint density at radius 2 is 1.78 bits per heavy atom. The average Bonchev–Trinajstić information content (AvgIpc) is 2.63. The number of pyridine rings is 1. The lowest BCUT2D eigenvalue weighted by Crippen LogP contribution is -1.96. The molecule has 0 bridgehead atoms. The molecule has 116 valence electrons. The number of aromatic nitrogens is 3. The van der Waals surface area contributed by atoms with E-state index in [-0.39, 0.29) is 0 Å². The van der Waals surface area contributed by atoms with Gasteiger partial charge in [0, 0.05) is 12.4 Å². The highest BCUT2D eigenvalue weighted by Gasteiger charge is 2.14. The van der Waals surface area contributed by atoms with E-state index >= 15 is 0 Å². The SMILES string of the molecule is CCc1ccc(Oc2ncccc2-c2cncnc2OC)cc1. The predicted octanol–water partition coefficient (Wildman–Crippen LogP) is 3.90. The van der Waals surface area contributed by atoms with E-state index in [2.05, 4.69) is 21.9 Å². The summed E-state index contributed by atoms with van der Waals surface area (Å²) in [4.78, 5) is 12.5. The molecule has 5 nitrogen and oxygen atoms in total. The summed E-state index contributed by atoms with van der Waals surface area (Å²) in [5.41, 5.74) is 2.78. The van der Waals surface area contributed by atoms with Crippen LogP contribution in [0.3, 0.4) is 0 Å². The van der Waals surface area contributed by atoms with Crippen molar-refractivity contribution in [3.8, 4) is 28.6 Å². The maximum absolute atomic E-state index is 5.94. The Labute approximate surface area is 135 Å². The minimum Gasteiger partial charge on any atom is -0.480 e. The second-order valence-electron chi connectivity index (χ2n) is 4.90. The Morgan fingerprint density at radius 1 is 0.957 bits per heavy atom. The fraction of sp³-hybridized carbons (Fsp3) is 0.167. The smallest absolute Gasteiger partial charge is 0.227 e. The van der Waals surface area contributed by atoms with Crippen LogP contribution >= 0.6 is 0 Å². The van der Waals surface area contributed by atoms with Crippen LogP contribution in [0.25, 0.3) is 11.1 Å². The Balaban J connectivity index is 1.97. The molecule has 0 spiro atoms. The van der Waals surface area contributed by atoms with Gasteiger partial charge in [0.2, 0.25) is 11.8 Å². The summed E-state index contributed by atoms with van der Waals surface area (Å²) in [5, 5.41) is 0. The molecule has 0 amide bonds. The first kappa shape index (κ1) is 15.0. The molecule has 0 saturated heterocycles. The van der Waals surface area contributed by atoms with Crippen LogP contribution in [-0.2, 0) is 6.42 Å². The average molecular weight is 307 g/mol. The number of aryl methyl sites for hydroxylation is 1. The molecule has 0 aliphatic rings. The molecule has 23 heavy (non-hydrogen) atoms. The van der Waals surface area contributed by atoms with Crippen LogP contribution in [0.4, 0.5) is 0 Å². The van der Waals surface area contributed by atoms with Crippen LogP contribution in [0.15, 0.2) is 55.1 Å². The third kappa shape index (κ3) is 3.29. The quantitative estimate of drug-likeness (QED) is 0.715. The van der Waals surface area contributed by atoms with Gasteiger partial charge in [-0.3, -0.25) is 0 Å². The minimum atomic E-state index is 0.485. The maximum Gasteiger partial charge on any atom is 0.227 e. The lowest BCUT2D eigenvalue weighted by molar-refractivity contribution is 0.398. The van der Waals surface area contributed by atoms with E-state index < -0.39 is 0 Å². The van der Waals surface area contributed by atoms with Gasteiger partial charge in [0.05, 0.1) is 18.2 Å². The molecule has 0 aliphatic carbocycles. The fourth-order valence-electron chi connectivity index (χ4n) is 2.25. The third-order valence-electron chi connectivity index (χ3n) is 3.48. The fourth-order valence-corrected chi connectivity index (χ4v) is 2.25. The summed E-state index contributed by atoms with van der Waals surface area (Å²) in [7, 11) is 1.58. The van der Waals surface area contributed by atoms with Crippen molar-refractivity contribution >= 4 is 0 Å². The Kier molecular flexibility index (Phi) is 4.47. The van der Waals surface area contributed by atoms with Gasteiger partial charge in [-0.05, 0) is 36.2 Å². The molecular formula is C18H17N3O2. The van der Waals surface area contributed by atoms with E-state index in [9.17, 15) is 0 Å². The monoisotopic (exact) mass is 307 g/mol. The van der Waals surface area contributed by atoms with Crippen molar-refractivity contribution in [3.63, 3.8) is 0 Å². The number of ether oxygens (including phenoxy) is 2. The van der Waals surface area contributed by atoms with Crippen LogP contribution < -0.4 is 9.47 Å². The van der Waals surface area contributed by atoms with Gasteiger partial charge in [-0.25, -0.2) is 15.0 Å². The number of methoxy groups -OCH3 is 1. The van der Waals surface area contributed by atoms with Crippen molar-refractivity contribution in [1.29, 1.82) is 0 Å². The second-order valence-corrected chi connectivity index (χ2v) is 4.90. The standard InChI is InChI=1S/C18H17N3O2/c1-3-13-6-8-14(9-7-13)23-18-15(5-4-10-20-18)16-11-19-12-21-17(16)22-2/h4-12H,3H2,1-2H3. The summed E-state index contributed by atoms with van der Waals surface area (Å²) >= 11 is 0. The van der Waals surface area contributed by atoms with E-state index in [0.717, 1.165) is 23.3 Å². The van der Waals surface area contributed by atoms with E-state index in [1.54, 1.807) is 19.5 Å². The molecule has 0 atom stereocenters. The summed E-state index contributed by atoms with van der Waals surface area (Å²) in [6.45, 7) is 2.12. The highest BCUT2D eigenvalue weighted by Crippen LogP contribution is 2.35. The highest BCUT2D eigenvalue weighted by atomic mass is 16.5. The van der Waals surface area contributed by atoms with Crippen LogP contribution in [0.2, 0.25) is 0 Å². The largest absolute Gasteiger partial charge is 0.480 e. The topological polar surface area (TPSA) is 57.1 Å². The molecule has 0 radical (unpaired) electrons. The minimum absolute atomic E-state index is 0.485. The first-order chi connectivity index (χ1) is 11.3. The van der Waals surface area contributed by atoms with Crippen molar-refractivity contribution < 1.29 is 9.47 Å². The van der Waals surface area contributed by atoms with E-state index in [1.807, 2.05) is 36.4 Å². The van der Waals surface area contributed by atoms with Crippen LogP contribution in [0, 0.1) is 0 Å². The van der Waals surface area contributed by atoms with Crippen molar-refractivity contribution in [2.75, 3.05) is 7.11 Å². The molecule has 0 unspecified atom stereocenters. The van der Waals surface area contributed by atoms with Gasteiger partial charge >= 0.3 is 0 Å². The molecule has 3 rings (SSSR count). The van der Waals surface area contributed by atoms with Gasteiger partial charge in [0.25, 0.3) is 0 Å². The summed E-state index contributed by atoms with van der Waals surface area (Å²) < 4.78 is 11.2. The van der Waals surface area contributed by atoms with Gasteiger partial charge in [0.15, 0.2) is 0 Å². The number of rotatable bonds is 5. The van der Waals surface area contributed by atoms with E-state index in [1.165, 1.54) is 11.9 Å². The van der Waals surface area contributed by atoms with E-state index in [4.69, 9.17) is 9.47 Å². The van der Waals surface area contributed by atoms with Crippen molar-refractivity contribution in [1.82, 2.24) is 15.0 Å². The lowest BCUT2D eigenvalue weighted by atomic mass is 10.1. The molecule has 1 aromatic carbocycles. The predicted molar refractivity (Wildman–Crippen MR) is 87.7 cm³/mol. The first-order valence-electron chi connectivity index (χ1n) is 7.38. The Morgan fingerprint density at radius 3 is 2.52 bits per heavy atom. The Hall–Kier alpha value is -2.95. The van der Waals surface area contributed by atoms with Gasteiger partial charge in [-0.1, -0.05) is 19.1 Å². The molecule has 2 heterocycles. The van der Waals surface area contributed by atoms with Crippen LogP contribution in [-0.4, -0.2) is 22.1 Å². The normalized spacial score (nSPS) is 10.3. The zero-order chi connectivity index (χ0) is 16.1. The molecule has 5 heteroatoms. The summed E-state index contributed by atoms with van der Waals surface area (Å²) in [6, 6.07) is 11.7. The molecule has 0 fully saturated rings. The zero-order valence-corrected chi connectivity index (χ0v) is 13.1. The highest BCUT2D eigenvalue weighted by molar-refractivity contribution is 5.72. The molecule has 3 aromatic rings. The van der Waals surface area contributed by atoms with Crippen molar-refractivity contribution in [2.24, 2.45) is 0 Å².